The standard InChI is InChI=1S/C27H27N3O7/c1-27(2,3)37-24(32)16-11-12-18(19(31)13-16)30-22(26(34)36-5)21(25(33)35-4)20(17(14-28)23(30)29)15-9-7-6-8-10-15/h6-13,20,31H,29H2,1-5H3. The number of phenols is 1. The molecule has 2 aromatic carbocycles. The third-order valence-electron chi connectivity index (χ3n) is 5.46. The van der Waals surface area contributed by atoms with Crippen LogP contribution >= 0.6 is 0 Å². The van der Waals surface area contributed by atoms with Crippen LogP contribution in [0.5, 0.6) is 5.75 Å². The first-order valence-electron chi connectivity index (χ1n) is 11.2. The molecule has 0 aromatic heterocycles. The number of anilines is 1. The van der Waals surface area contributed by atoms with Crippen molar-refractivity contribution in [1.29, 1.82) is 5.26 Å². The minimum atomic E-state index is -1.05. The quantitative estimate of drug-likeness (QED) is 0.457. The summed E-state index contributed by atoms with van der Waals surface area (Å²) in [5.41, 5.74) is 5.50. The summed E-state index contributed by atoms with van der Waals surface area (Å²) in [4.78, 5) is 39.7. The molecule has 0 saturated heterocycles. The van der Waals surface area contributed by atoms with Gasteiger partial charge in [-0.15, -0.1) is 0 Å². The molecular formula is C27H27N3O7. The second-order valence-corrected chi connectivity index (χ2v) is 9.04. The minimum absolute atomic E-state index is 0.0372. The number of esters is 3. The number of methoxy groups -OCH3 is 2. The van der Waals surface area contributed by atoms with Gasteiger partial charge in [0, 0.05) is 0 Å². The van der Waals surface area contributed by atoms with Crippen LogP contribution in [-0.2, 0) is 23.8 Å². The largest absolute Gasteiger partial charge is 0.506 e. The number of allylic oxidation sites excluding steroid dienone is 1. The molecule has 0 spiro atoms. The van der Waals surface area contributed by atoms with Crippen molar-refractivity contribution in [3.63, 3.8) is 0 Å². The predicted octanol–water partition coefficient (Wildman–Crippen LogP) is 3.25. The molecule has 0 aliphatic carbocycles. The lowest BCUT2D eigenvalue weighted by Crippen LogP contribution is -2.40. The fourth-order valence-corrected chi connectivity index (χ4v) is 3.94. The second-order valence-electron chi connectivity index (χ2n) is 9.04. The van der Waals surface area contributed by atoms with E-state index in [0.29, 0.717) is 5.56 Å². The summed E-state index contributed by atoms with van der Waals surface area (Å²) in [5.74, 6) is -4.28. The number of aromatic hydroxyl groups is 1. The molecule has 2 aromatic rings. The van der Waals surface area contributed by atoms with Crippen molar-refractivity contribution < 1.29 is 33.7 Å². The van der Waals surface area contributed by atoms with Gasteiger partial charge in [-0.25, -0.2) is 14.4 Å². The van der Waals surface area contributed by atoms with Gasteiger partial charge >= 0.3 is 17.9 Å². The van der Waals surface area contributed by atoms with Gasteiger partial charge in [-0.1, -0.05) is 30.3 Å². The first-order chi connectivity index (χ1) is 17.4. The van der Waals surface area contributed by atoms with E-state index in [4.69, 9.17) is 19.9 Å². The molecular weight excluding hydrogens is 478 g/mol. The molecule has 0 radical (unpaired) electrons. The summed E-state index contributed by atoms with van der Waals surface area (Å²) < 4.78 is 15.3. The lowest BCUT2D eigenvalue weighted by atomic mass is 9.81. The zero-order valence-corrected chi connectivity index (χ0v) is 21.1. The average molecular weight is 506 g/mol. The van der Waals surface area contributed by atoms with Crippen molar-refractivity contribution in [3.05, 3.63) is 82.3 Å². The molecule has 3 rings (SSSR count). The maximum absolute atomic E-state index is 13.1. The van der Waals surface area contributed by atoms with Crippen molar-refractivity contribution in [2.75, 3.05) is 19.1 Å². The van der Waals surface area contributed by atoms with E-state index in [0.717, 1.165) is 25.2 Å². The van der Waals surface area contributed by atoms with Crippen LogP contribution in [0.2, 0.25) is 0 Å². The van der Waals surface area contributed by atoms with E-state index in [1.807, 2.05) is 6.07 Å². The van der Waals surface area contributed by atoms with Crippen LogP contribution in [0.1, 0.15) is 42.6 Å². The lowest BCUT2D eigenvalue weighted by molar-refractivity contribution is -0.139. The second kappa shape index (κ2) is 10.5. The van der Waals surface area contributed by atoms with Gasteiger partial charge in [0.2, 0.25) is 0 Å². The molecule has 1 aliphatic heterocycles. The molecule has 0 amide bonds. The van der Waals surface area contributed by atoms with Gasteiger partial charge in [-0.2, -0.15) is 5.26 Å². The Morgan fingerprint density at radius 2 is 1.62 bits per heavy atom. The van der Waals surface area contributed by atoms with E-state index >= 15 is 0 Å². The van der Waals surface area contributed by atoms with Gasteiger partial charge in [0.15, 0.2) is 0 Å². The monoisotopic (exact) mass is 505 g/mol. The zero-order valence-electron chi connectivity index (χ0n) is 21.1. The number of nitrogens with two attached hydrogens (primary N) is 1. The van der Waals surface area contributed by atoms with E-state index < -0.39 is 35.2 Å². The van der Waals surface area contributed by atoms with Gasteiger partial charge in [-0.05, 0) is 44.5 Å². The molecule has 37 heavy (non-hydrogen) atoms. The summed E-state index contributed by atoms with van der Waals surface area (Å²) in [7, 11) is 2.25. The van der Waals surface area contributed by atoms with Crippen LogP contribution in [0, 0.1) is 11.3 Å². The SMILES string of the molecule is COC(=O)C1=C(C(=O)OC)N(c2ccc(C(=O)OC(C)(C)C)cc2O)C(N)=C(C#N)C1c1ccccc1. The number of rotatable bonds is 5. The van der Waals surface area contributed by atoms with Crippen LogP contribution in [0.3, 0.4) is 0 Å². The van der Waals surface area contributed by atoms with Crippen LogP contribution in [-0.4, -0.2) is 42.8 Å². The Hall–Kier alpha value is -4.78. The molecule has 1 heterocycles. The van der Waals surface area contributed by atoms with Crippen molar-refractivity contribution in [2.45, 2.75) is 32.3 Å². The van der Waals surface area contributed by atoms with Crippen LogP contribution in [0.25, 0.3) is 0 Å². The van der Waals surface area contributed by atoms with Gasteiger partial charge in [-0.3, -0.25) is 4.90 Å². The summed E-state index contributed by atoms with van der Waals surface area (Å²) in [6.45, 7) is 5.10. The normalized spacial score (nSPS) is 15.7. The number of nitrogens with zero attached hydrogens (tertiary/aromatic N) is 2. The average Bonchev–Trinajstić information content (AvgIpc) is 2.86. The fourth-order valence-electron chi connectivity index (χ4n) is 3.94. The van der Waals surface area contributed by atoms with Crippen LogP contribution in [0.4, 0.5) is 5.69 Å². The van der Waals surface area contributed by atoms with E-state index in [1.54, 1.807) is 51.1 Å². The number of benzene rings is 2. The number of nitriles is 1. The Bertz CT molecular complexity index is 1350. The Kier molecular flexibility index (Phi) is 7.58. The molecule has 10 heteroatoms. The van der Waals surface area contributed by atoms with E-state index in [9.17, 15) is 24.8 Å². The van der Waals surface area contributed by atoms with Crippen molar-refractivity contribution in [1.82, 2.24) is 0 Å². The molecule has 1 atom stereocenters. The maximum atomic E-state index is 13.1. The van der Waals surface area contributed by atoms with Crippen molar-refractivity contribution in [3.8, 4) is 11.8 Å². The van der Waals surface area contributed by atoms with Crippen LogP contribution < -0.4 is 10.6 Å². The molecule has 0 fully saturated rings. The molecule has 0 saturated carbocycles. The summed E-state index contributed by atoms with van der Waals surface area (Å²) in [6, 6.07) is 14.4. The maximum Gasteiger partial charge on any atom is 0.355 e. The van der Waals surface area contributed by atoms with Gasteiger partial charge in [0.1, 0.15) is 22.9 Å². The van der Waals surface area contributed by atoms with Gasteiger partial charge in [0.05, 0.1) is 48.6 Å². The van der Waals surface area contributed by atoms with Crippen molar-refractivity contribution in [2.24, 2.45) is 5.73 Å². The molecule has 1 aliphatic rings. The fraction of sp³-hybridized carbons (Fsp3) is 0.259. The molecule has 1 unspecified atom stereocenters. The van der Waals surface area contributed by atoms with Gasteiger partial charge in [0.25, 0.3) is 0 Å². The highest BCUT2D eigenvalue weighted by Gasteiger charge is 2.43. The first kappa shape index (κ1) is 26.8. The Labute approximate surface area is 214 Å². The number of carbonyl (C=O) groups excluding carboxylic acids is 3. The zero-order chi connectivity index (χ0) is 27.5. The third kappa shape index (κ3) is 5.26. The van der Waals surface area contributed by atoms with E-state index in [2.05, 4.69) is 0 Å². The highest BCUT2D eigenvalue weighted by Crippen LogP contribution is 2.45. The molecule has 3 N–H and O–H groups in total. The minimum Gasteiger partial charge on any atom is -0.506 e. The Morgan fingerprint density at radius 3 is 2.14 bits per heavy atom. The number of hydrogen-bond acceptors (Lipinski definition) is 10. The number of phenolic OH excluding ortho intramolecular Hbond substituents is 1. The third-order valence-corrected chi connectivity index (χ3v) is 5.46. The first-order valence-corrected chi connectivity index (χ1v) is 11.2. The topological polar surface area (TPSA) is 152 Å². The van der Waals surface area contributed by atoms with Crippen LogP contribution in [0.15, 0.2) is 71.2 Å². The number of carbonyl (C=O) groups is 3. The summed E-state index contributed by atoms with van der Waals surface area (Å²) in [5, 5.41) is 21.0. The number of hydrogen-bond donors (Lipinski definition) is 2. The number of ether oxygens (including phenoxy) is 3. The van der Waals surface area contributed by atoms with Gasteiger partial charge < -0.3 is 25.1 Å². The highest BCUT2D eigenvalue weighted by molar-refractivity contribution is 6.06. The smallest absolute Gasteiger partial charge is 0.355 e. The molecule has 0 bridgehead atoms. The molecule has 192 valence electrons. The summed E-state index contributed by atoms with van der Waals surface area (Å²) >= 11 is 0. The highest BCUT2D eigenvalue weighted by atomic mass is 16.6. The van der Waals surface area contributed by atoms with E-state index in [1.165, 1.54) is 12.1 Å². The Morgan fingerprint density at radius 1 is 1.00 bits per heavy atom. The van der Waals surface area contributed by atoms with Crippen molar-refractivity contribution >= 4 is 23.6 Å². The Balaban J connectivity index is 2.30. The van der Waals surface area contributed by atoms with E-state index in [-0.39, 0.29) is 33.9 Å². The predicted molar refractivity (Wildman–Crippen MR) is 133 cm³/mol. The lowest BCUT2D eigenvalue weighted by Gasteiger charge is -2.36. The molecule has 10 nitrogen and oxygen atoms in total. The summed E-state index contributed by atoms with van der Waals surface area (Å²) in [6.07, 6.45) is 0.